The molecule has 5 rings (SSSR count). The standard InChI is InChI=1S/C22H21FN6O2/c1-12-13(9-20(30)25-12)8-14-11-24-29-19(26-15-6-7-15)10-18(28-22(14)29)27-21-16(23)4-3-5-17(21)31-2/h3-5,8,10-11,15,26H,1,6-7,9H2,2H3,(H,25,30)(H,27,28)/b13-8+. The van der Waals surface area contributed by atoms with Gasteiger partial charge in [-0.05, 0) is 36.6 Å². The van der Waals surface area contributed by atoms with Gasteiger partial charge in [0.1, 0.15) is 23.1 Å². The van der Waals surface area contributed by atoms with Crippen molar-refractivity contribution in [2.75, 3.05) is 17.7 Å². The van der Waals surface area contributed by atoms with Crippen LogP contribution < -0.4 is 20.7 Å². The largest absolute Gasteiger partial charge is 0.494 e. The van der Waals surface area contributed by atoms with Crippen LogP contribution in [0.25, 0.3) is 11.7 Å². The molecule has 3 N–H and O–H groups in total. The van der Waals surface area contributed by atoms with E-state index in [1.165, 1.54) is 13.2 Å². The fraction of sp³-hybridized carbons (Fsp3) is 0.227. The van der Waals surface area contributed by atoms with Crippen molar-refractivity contribution in [3.05, 3.63) is 59.7 Å². The second-order valence-corrected chi connectivity index (χ2v) is 7.60. The number of benzene rings is 1. The smallest absolute Gasteiger partial charge is 0.228 e. The van der Waals surface area contributed by atoms with Crippen LogP contribution in [-0.4, -0.2) is 33.7 Å². The Morgan fingerprint density at radius 3 is 2.94 bits per heavy atom. The van der Waals surface area contributed by atoms with Crippen molar-refractivity contribution < 1.29 is 13.9 Å². The van der Waals surface area contributed by atoms with E-state index < -0.39 is 5.82 Å². The number of allylic oxidation sites excluding steroid dienone is 1. The molecule has 9 heteroatoms. The summed E-state index contributed by atoms with van der Waals surface area (Å²) in [6.07, 6.45) is 5.97. The monoisotopic (exact) mass is 420 g/mol. The summed E-state index contributed by atoms with van der Waals surface area (Å²) >= 11 is 0. The average Bonchev–Trinajstić information content (AvgIpc) is 3.38. The number of nitrogens with one attached hydrogen (secondary N) is 3. The van der Waals surface area contributed by atoms with Crippen LogP contribution in [0.4, 0.5) is 21.7 Å². The number of nitrogens with zero attached hydrogens (tertiary/aromatic N) is 3. The van der Waals surface area contributed by atoms with Crippen LogP contribution in [0.3, 0.4) is 0 Å². The van der Waals surface area contributed by atoms with Gasteiger partial charge in [-0.2, -0.15) is 9.61 Å². The van der Waals surface area contributed by atoms with Crippen molar-refractivity contribution >= 4 is 35.0 Å². The molecule has 1 aliphatic heterocycles. The highest BCUT2D eigenvalue weighted by molar-refractivity contribution is 5.89. The summed E-state index contributed by atoms with van der Waals surface area (Å²) in [6.45, 7) is 3.89. The molecular formula is C22H21FN6O2. The van der Waals surface area contributed by atoms with Gasteiger partial charge in [0.15, 0.2) is 11.5 Å². The van der Waals surface area contributed by atoms with E-state index in [0.717, 1.165) is 29.8 Å². The third-order valence-corrected chi connectivity index (χ3v) is 5.24. The maximum absolute atomic E-state index is 14.5. The highest BCUT2D eigenvalue weighted by Crippen LogP contribution is 2.33. The minimum Gasteiger partial charge on any atom is -0.494 e. The molecule has 3 aromatic rings. The Hall–Kier alpha value is -3.88. The van der Waals surface area contributed by atoms with Crippen molar-refractivity contribution in [3.8, 4) is 5.75 Å². The molecule has 3 heterocycles. The summed E-state index contributed by atoms with van der Waals surface area (Å²) in [5, 5.41) is 13.7. The zero-order chi connectivity index (χ0) is 21.5. The van der Waals surface area contributed by atoms with Gasteiger partial charge in [0, 0.05) is 23.4 Å². The summed E-state index contributed by atoms with van der Waals surface area (Å²) in [5.74, 6) is 1.03. The lowest BCUT2D eigenvalue weighted by Crippen LogP contribution is -2.10. The molecule has 1 aromatic carbocycles. The first-order chi connectivity index (χ1) is 15.0. The Kier molecular flexibility index (Phi) is 4.58. The quantitative estimate of drug-likeness (QED) is 0.564. The van der Waals surface area contributed by atoms with Gasteiger partial charge in [0.05, 0.1) is 19.7 Å². The first kappa shape index (κ1) is 19.1. The van der Waals surface area contributed by atoms with Gasteiger partial charge < -0.3 is 20.7 Å². The molecule has 0 bridgehead atoms. The number of halogens is 1. The molecule has 2 fully saturated rings. The highest BCUT2D eigenvalue weighted by Gasteiger charge is 2.24. The van der Waals surface area contributed by atoms with Crippen LogP contribution in [0.5, 0.6) is 5.75 Å². The minimum absolute atomic E-state index is 0.0919. The number of rotatable bonds is 6. The third kappa shape index (κ3) is 3.70. The highest BCUT2D eigenvalue weighted by atomic mass is 19.1. The molecule has 0 radical (unpaired) electrons. The van der Waals surface area contributed by atoms with Gasteiger partial charge in [-0.25, -0.2) is 9.37 Å². The number of methoxy groups -OCH3 is 1. The Balaban J connectivity index is 1.60. The van der Waals surface area contributed by atoms with Crippen LogP contribution in [0, 0.1) is 5.82 Å². The second kappa shape index (κ2) is 7.42. The fourth-order valence-electron chi connectivity index (χ4n) is 3.51. The summed E-state index contributed by atoms with van der Waals surface area (Å²) < 4.78 is 21.5. The van der Waals surface area contributed by atoms with E-state index >= 15 is 0 Å². The number of para-hydroxylation sites is 1. The third-order valence-electron chi connectivity index (χ3n) is 5.24. The number of hydrogen-bond acceptors (Lipinski definition) is 6. The van der Waals surface area contributed by atoms with Crippen molar-refractivity contribution in [1.29, 1.82) is 0 Å². The lowest BCUT2D eigenvalue weighted by atomic mass is 10.1. The van der Waals surface area contributed by atoms with Crippen molar-refractivity contribution in [1.82, 2.24) is 19.9 Å². The molecular weight excluding hydrogens is 399 g/mol. The van der Waals surface area contributed by atoms with Gasteiger partial charge in [0.25, 0.3) is 0 Å². The van der Waals surface area contributed by atoms with E-state index in [1.54, 1.807) is 28.9 Å². The van der Waals surface area contributed by atoms with E-state index in [2.05, 4.69) is 32.6 Å². The van der Waals surface area contributed by atoms with Gasteiger partial charge in [-0.3, -0.25) is 4.79 Å². The molecule has 1 amide bonds. The Bertz CT molecular complexity index is 1240. The molecule has 158 valence electrons. The van der Waals surface area contributed by atoms with Crippen LogP contribution in [0.2, 0.25) is 0 Å². The van der Waals surface area contributed by atoms with Gasteiger partial charge in [-0.1, -0.05) is 12.6 Å². The normalized spacial score (nSPS) is 17.3. The number of carbonyl (C=O) groups is 1. The Morgan fingerprint density at radius 2 is 2.23 bits per heavy atom. The number of fused-ring (bicyclic) bond motifs is 1. The molecule has 0 spiro atoms. The molecule has 31 heavy (non-hydrogen) atoms. The molecule has 1 saturated heterocycles. The van der Waals surface area contributed by atoms with Crippen molar-refractivity contribution in [3.63, 3.8) is 0 Å². The number of ether oxygens (including phenoxy) is 1. The van der Waals surface area contributed by atoms with E-state index in [-0.39, 0.29) is 18.0 Å². The predicted octanol–water partition coefficient (Wildman–Crippen LogP) is 3.61. The van der Waals surface area contributed by atoms with Crippen molar-refractivity contribution in [2.45, 2.75) is 25.3 Å². The number of aromatic nitrogens is 3. The summed E-state index contributed by atoms with van der Waals surface area (Å²) in [4.78, 5) is 16.3. The Labute approximate surface area is 177 Å². The topological polar surface area (TPSA) is 92.6 Å². The maximum atomic E-state index is 14.5. The second-order valence-electron chi connectivity index (χ2n) is 7.60. The SMILES string of the molecule is C=C1NC(=O)C/C1=C\c1cnn2c(NC3CC3)cc(Nc3c(F)cccc3OC)nc12. The van der Waals surface area contributed by atoms with E-state index in [0.29, 0.717) is 29.0 Å². The molecule has 0 unspecified atom stereocenters. The molecule has 2 aliphatic rings. The minimum atomic E-state index is -0.444. The predicted molar refractivity (Wildman–Crippen MR) is 116 cm³/mol. The van der Waals surface area contributed by atoms with E-state index in [1.807, 2.05) is 6.08 Å². The summed E-state index contributed by atoms with van der Waals surface area (Å²) in [7, 11) is 1.49. The molecule has 1 saturated carbocycles. The molecule has 2 aromatic heterocycles. The lowest BCUT2D eigenvalue weighted by Gasteiger charge is -2.14. The van der Waals surface area contributed by atoms with Crippen molar-refractivity contribution in [2.24, 2.45) is 0 Å². The van der Waals surface area contributed by atoms with Gasteiger partial charge in [-0.15, -0.1) is 0 Å². The number of anilines is 3. The van der Waals surface area contributed by atoms with Crippen LogP contribution in [0.15, 0.2) is 48.3 Å². The number of hydrogen-bond donors (Lipinski definition) is 3. The lowest BCUT2D eigenvalue weighted by molar-refractivity contribution is -0.118. The van der Waals surface area contributed by atoms with Crippen LogP contribution >= 0.6 is 0 Å². The summed E-state index contributed by atoms with van der Waals surface area (Å²) in [5.41, 5.74) is 2.87. The Morgan fingerprint density at radius 1 is 1.39 bits per heavy atom. The molecule has 8 nitrogen and oxygen atoms in total. The molecule has 1 aliphatic carbocycles. The average molecular weight is 420 g/mol. The fourth-order valence-corrected chi connectivity index (χ4v) is 3.51. The first-order valence-corrected chi connectivity index (χ1v) is 9.96. The maximum Gasteiger partial charge on any atom is 0.228 e. The summed E-state index contributed by atoms with van der Waals surface area (Å²) in [6, 6.07) is 6.79. The first-order valence-electron chi connectivity index (χ1n) is 9.96. The number of amides is 1. The van der Waals surface area contributed by atoms with Crippen LogP contribution in [0.1, 0.15) is 24.8 Å². The zero-order valence-electron chi connectivity index (χ0n) is 16.9. The van der Waals surface area contributed by atoms with E-state index in [9.17, 15) is 9.18 Å². The zero-order valence-corrected chi connectivity index (χ0v) is 16.9. The van der Waals surface area contributed by atoms with E-state index in [4.69, 9.17) is 4.74 Å². The number of carbonyl (C=O) groups excluding carboxylic acids is 1. The van der Waals surface area contributed by atoms with Gasteiger partial charge >= 0.3 is 0 Å². The van der Waals surface area contributed by atoms with Crippen LogP contribution in [-0.2, 0) is 4.79 Å². The van der Waals surface area contributed by atoms with Gasteiger partial charge in [0.2, 0.25) is 5.91 Å². The molecule has 0 atom stereocenters.